The number of likely N-dealkylation sites (N-methyl/N-ethyl adjacent to an activating group) is 1. The summed E-state index contributed by atoms with van der Waals surface area (Å²) in [7, 11) is -1.99. The predicted molar refractivity (Wildman–Crippen MR) is 160 cm³/mol. The highest BCUT2D eigenvalue weighted by atomic mass is 79.9. The maximum absolute atomic E-state index is 13.7. The standard InChI is InChI=1S/C30H36BrN3O4S/c1-22-12-17-27(19-23(22)2)34(39(4,37)38)18-8-11-29(35)33(21-25-13-15-26(31)16-14-25)28(30(36)32-3)20-24-9-6-5-7-10-24/h5-7,9-10,12-17,19,28H,8,11,18,20-21H2,1-4H3,(H,32,36)/t28-/m1/s1. The van der Waals surface area contributed by atoms with Gasteiger partial charge in [0, 0.05) is 37.5 Å². The number of carbonyl (C=O) groups excluding carboxylic acids is 2. The van der Waals surface area contributed by atoms with Gasteiger partial charge in [-0.25, -0.2) is 8.42 Å². The van der Waals surface area contributed by atoms with E-state index in [0.29, 0.717) is 18.5 Å². The van der Waals surface area contributed by atoms with Gasteiger partial charge in [-0.2, -0.15) is 0 Å². The van der Waals surface area contributed by atoms with Crippen LogP contribution in [-0.4, -0.2) is 51.0 Å². The topological polar surface area (TPSA) is 86.8 Å². The monoisotopic (exact) mass is 613 g/mol. The van der Waals surface area contributed by atoms with Crippen molar-refractivity contribution in [1.29, 1.82) is 0 Å². The van der Waals surface area contributed by atoms with E-state index < -0.39 is 16.1 Å². The zero-order valence-electron chi connectivity index (χ0n) is 22.9. The lowest BCUT2D eigenvalue weighted by Crippen LogP contribution is -2.49. The molecule has 0 unspecified atom stereocenters. The summed E-state index contributed by atoms with van der Waals surface area (Å²) in [6.07, 6.45) is 1.93. The average Bonchev–Trinajstić information content (AvgIpc) is 2.90. The zero-order chi connectivity index (χ0) is 28.6. The van der Waals surface area contributed by atoms with E-state index in [-0.39, 0.29) is 31.3 Å². The fraction of sp³-hybridized carbons (Fsp3) is 0.333. The van der Waals surface area contributed by atoms with E-state index >= 15 is 0 Å². The van der Waals surface area contributed by atoms with Crippen molar-refractivity contribution in [2.75, 3.05) is 24.2 Å². The third-order valence-electron chi connectivity index (χ3n) is 6.71. The number of nitrogens with zero attached hydrogens (tertiary/aromatic N) is 2. The molecule has 39 heavy (non-hydrogen) atoms. The molecule has 0 aliphatic rings. The van der Waals surface area contributed by atoms with Crippen molar-refractivity contribution in [2.45, 2.75) is 45.7 Å². The SMILES string of the molecule is CNC(=O)[C@@H](Cc1ccccc1)N(Cc1ccc(Br)cc1)C(=O)CCCN(c1ccc(C)c(C)c1)S(C)(=O)=O. The molecule has 1 atom stereocenters. The lowest BCUT2D eigenvalue weighted by atomic mass is 10.0. The molecule has 0 saturated carbocycles. The fourth-order valence-electron chi connectivity index (χ4n) is 4.39. The van der Waals surface area contributed by atoms with Crippen LogP contribution in [0.1, 0.15) is 35.1 Å². The van der Waals surface area contributed by atoms with Crippen LogP contribution >= 0.6 is 15.9 Å². The molecule has 0 spiro atoms. The Morgan fingerprint density at radius 1 is 0.923 bits per heavy atom. The van der Waals surface area contributed by atoms with Crippen LogP contribution in [0, 0.1) is 13.8 Å². The Balaban J connectivity index is 1.84. The second-order valence-corrected chi connectivity index (χ2v) is 12.5. The van der Waals surface area contributed by atoms with Crippen molar-refractivity contribution >= 4 is 43.5 Å². The van der Waals surface area contributed by atoms with Crippen molar-refractivity contribution < 1.29 is 18.0 Å². The van der Waals surface area contributed by atoms with Crippen LogP contribution in [0.15, 0.2) is 77.3 Å². The molecule has 0 radical (unpaired) electrons. The molecule has 1 N–H and O–H groups in total. The molecular weight excluding hydrogens is 578 g/mol. The Morgan fingerprint density at radius 2 is 1.59 bits per heavy atom. The van der Waals surface area contributed by atoms with E-state index in [1.54, 1.807) is 18.0 Å². The molecule has 0 aliphatic heterocycles. The summed E-state index contributed by atoms with van der Waals surface area (Å²) < 4.78 is 27.5. The van der Waals surface area contributed by atoms with E-state index in [1.165, 1.54) is 10.6 Å². The maximum atomic E-state index is 13.7. The Morgan fingerprint density at radius 3 is 2.18 bits per heavy atom. The largest absolute Gasteiger partial charge is 0.357 e. The van der Waals surface area contributed by atoms with Crippen LogP contribution in [0.3, 0.4) is 0 Å². The van der Waals surface area contributed by atoms with E-state index in [4.69, 9.17) is 0 Å². The van der Waals surface area contributed by atoms with Crippen molar-refractivity contribution in [3.8, 4) is 0 Å². The molecule has 9 heteroatoms. The number of anilines is 1. The first-order valence-corrected chi connectivity index (χ1v) is 15.5. The van der Waals surface area contributed by atoms with Crippen LogP contribution in [0.4, 0.5) is 5.69 Å². The summed E-state index contributed by atoms with van der Waals surface area (Å²) in [4.78, 5) is 28.4. The van der Waals surface area contributed by atoms with Crippen LogP contribution in [0.2, 0.25) is 0 Å². The highest BCUT2D eigenvalue weighted by molar-refractivity contribution is 9.10. The molecule has 0 heterocycles. The molecular formula is C30H36BrN3O4S. The van der Waals surface area contributed by atoms with Gasteiger partial charge in [0.1, 0.15) is 6.04 Å². The minimum absolute atomic E-state index is 0.0929. The highest BCUT2D eigenvalue weighted by Crippen LogP contribution is 2.23. The second kappa shape index (κ2) is 13.8. The number of amides is 2. The minimum atomic E-state index is -3.55. The Kier molecular flexibility index (Phi) is 10.7. The van der Waals surface area contributed by atoms with Crippen LogP contribution in [-0.2, 0) is 32.6 Å². The van der Waals surface area contributed by atoms with Crippen molar-refractivity contribution in [1.82, 2.24) is 10.2 Å². The van der Waals surface area contributed by atoms with Crippen molar-refractivity contribution in [3.63, 3.8) is 0 Å². The summed E-state index contributed by atoms with van der Waals surface area (Å²) in [5.41, 5.74) is 4.48. The third kappa shape index (κ3) is 8.66. The quantitative estimate of drug-likeness (QED) is 0.311. The number of nitrogens with one attached hydrogen (secondary N) is 1. The van der Waals surface area contributed by atoms with Gasteiger partial charge in [0.25, 0.3) is 0 Å². The van der Waals surface area contributed by atoms with E-state index in [9.17, 15) is 18.0 Å². The molecule has 3 aromatic rings. The van der Waals surface area contributed by atoms with Crippen molar-refractivity contribution in [3.05, 3.63) is 99.5 Å². The predicted octanol–water partition coefficient (Wildman–Crippen LogP) is 5.00. The number of sulfonamides is 1. The first-order valence-electron chi connectivity index (χ1n) is 12.8. The molecule has 208 valence electrons. The Labute approximate surface area is 240 Å². The average molecular weight is 615 g/mol. The van der Waals surface area contributed by atoms with Gasteiger partial charge in [-0.15, -0.1) is 0 Å². The van der Waals surface area contributed by atoms with E-state index in [0.717, 1.165) is 26.7 Å². The molecule has 3 aromatic carbocycles. The summed E-state index contributed by atoms with van der Waals surface area (Å²) >= 11 is 3.44. The summed E-state index contributed by atoms with van der Waals surface area (Å²) in [6, 6.07) is 22.0. The van der Waals surface area contributed by atoms with Crippen LogP contribution in [0.5, 0.6) is 0 Å². The first kappa shape index (κ1) is 30.4. The highest BCUT2D eigenvalue weighted by Gasteiger charge is 2.30. The van der Waals surface area contributed by atoms with Gasteiger partial charge < -0.3 is 10.2 Å². The number of halogens is 1. The van der Waals surface area contributed by atoms with Crippen LogP contribution in [0.25, 0.3) is 0 Å². The number of hydrogen-bond acceptors (Lipinski definition) is 4. The van der Waals surface area contributed by atoms with Crippen LogP contribution < -0.4 is 9.62 Å². The van der Waals surface area contributed by atoms with Gasteiger partial charge in [-0.05, 0) is 66.8 Å². The number of carbonyl (C=O) groups is 2. The smallest absolute Gasteiger partial charge is 0.242 e. The molecule has 0 aromatic heterocycles. The van der Waals surface area contributed by atoms with Gasteiger partial charge in [-0.1, -0.05) is 64.5 Å². The van der Waals surface area contributed by atoms with E-state index in [1.807, 2.05) is 80.6 Å². The van der Waals surface area contributed by atoms with E-state index in [2.05, 4.69) is 21.2 Å². The third-order valence-corrected chi connectivity index (χ3v) is 8.44. The van der Waals surface area contributed by atoms with Gasteiger partial charge >= 0.3 is 0 Å². The number of rotatable bonds is 12. The zero-order valence-corrected chi connectivity index (χ0v) is 25.3. The summed E-state index contributed by atoms with van der Waals surface area (Å²) in [5, 5.41) is 2.71. The number of hydrogen-bond donors (Lipinski definition) is 1. The fourth-order valence-corrected chi connectivity index (χ4v) is 5.61. The Bertz CT molecular complexity index is 1380. The number of aryl methyl sites for hydroxylation is 2. The van der Waals surface area contributed by atoms with Gasteiger partial charge in [0.15, 0.2) is 0 Å². The summed E-state index contributed by atoms with van der Waals surface area (Å²) in [6.45, 7) is 4.32. The first-order chi connectivity index (χ1) is 18.5. The minimum Gasteiger partial charge on any atom is -0.357 e. The molecule has 0 fully saturated rings. The molecule has 2 amide bonds. The molecule has 0 aliphatic carbocycles. The molecule has 7 nitrogen and oxygen atoms in total. The maximum Gasteiger partial charge on any atom is 0.242 e. The molecule has 0 bridgehead atoms. The van der Waals surface area contributed by atoms with Gasteiger partial charge in [0.2, 0.25) is 21.8 Å². The summed E-state index contributed by atoms with van der Waals surface area (Å²) in [5.74, 6) is -0.465. The van der Waals surface area contributed by atoms with Gasteiger partial charge in [-0.3, -0.25) is 13.9 Å². The normalized spacial score (nSPS) is 12.0. The lowest BCUT2D eigenvalue weighted by molar-refractivity contribution is -0.141. The molecule has 3 rings (SSSR count). The Hall–Kier alpha value is -3.17. The van der Waals surface area contributed by atoms with Gasteiger partial charge in [0.05, 0.1) is 11.9 Å². The second-order valence-electron chi connectivity index (χ2n) is 9.68. The lowest BCUT2D eigenvalue weighted by Gasteiger charge is -2.31. The number of benzene rings is 3. The molecule has 0 saturated heterocycles. The van der Waals surface area contributed by atoms with Crippen molar-refractivity contribution in [2.24, 2.45) is 0 Å².